The van der Waals surface area contributed by atoms with Gasteiger partial charge in [-0.3, -0.25) is 9.36 Å². The molecule has 108 valence electrons. The number of benzene rings is 2. The Bertz CT molecular complexity index is 748. The van der Waals surface area contributed by atoms with Gasteiger partial charge >= 0.3 is 0 Å². The quantitative estimate of drug-likeness (QED) is 0.793. The van der Waals surface area contributed by atoms with Crippen molar-refractivity contribution in [3.63, 3.8) is 0 Å². The van der Waals surface area contributed by atoms with Crippen molar-refractivity contribution in [2.45, 2.75) is 26.3 Å². The average molecular weight is 280 g/mol. The second-order valence-electron chi connectivity index (χ2n) is 5.94. The number of nitrogens with zero attached hydrogens (tertiary/aromatic N) is 1. The summed E-state index contributed by atoms with van der Waals surface area (Å²) in [5.41, 5.74) is 7.99. The summed E-state index contributed by atoms with van der Waals surface area (Å²) in [6.07, 6.45) is 0.694. The van der Waals surface area contributed by atoms with E-state index in [2.05, 4.69) is 26.0 Å². The molecule has 0 aliphatic carbocycles. The van der Waals surface area contributed by atoms with Gasteiger partial charge in [-0.1, -0.05) is 50.2 Å². The molecule has 0 unspecified atom stereocenters. The van der Waals surface area contributed by atoms with Crippen LogP contribution in [0.3, 0.4) is 0 Å². The Labute approximate surface area is 124 Å². The van der Waals surface area contributed by atoms with Crippen molar-refractivity contribution in [1.82, 2.24) is 4.57 Å². The second-order valence-corrected chi connectivity index (χ2v) is 5.94. The van der Waals surface area contributed by atoms with Crippen LogP contribution >= 0.6 is 0 Å². The summed E-state index contributed by atoms with van der Waals surface area (Å²) in [5.74, 6) is 0.373. The molecule has 3 rings (SSSR count). The molecule has 1 heterocycles. The van der Waals surface area contributed by atoms with Crippen LogP contribution in [0.15, 0.2) is 48.5 Å². The molecule has 0 saturated heterocycles. The average Bonchev–Trinajstić information content (AvgIpc) is 2.80. The molecule has 21 heavy (non-hydrogen) atoms. The van der Waals surface area contributed by atoms with Crippen LogP contribution in [0, 0.1) is 5.92 Å². The molecule has 0 fully saturated rings. The zero-order valence-electron chi connectivity index (χ0n) is 12.4. The van der Waals surface area contributed by atoms with Crippen molar-refractivity contribution < 1.29 is 4.79 Å². The smallest absolute Gasteiger partial charge is 0.248 e. The molecule has 3 aromatic rings. The first-order chi connectivity index (χ1) is 10.1. The normalized spacial score (nSPS) is 13.1. The van der Waals surface area contributed by atoms with Gasteiger partial charge in [0, 0.05) is 10.8 Å². The zero-order valence-corrected chi connectivity index (χ0v) is 12.4. The fourth-order valence-electron chi connectivity index (χ4n) is 2.93. The first-order valence-corrected chi connectivity index (χ1v) is 7.37. The van der Waals surface area contributed by atoms with Gasteiger partial charge in [0.2, 0.25) is 5.91 Å². The molecule has 2 aromatic carbocycles. The van der Waals surface area contributed by atoms with E-state index in [0.717, 1.165) is 21.8 Å². The van der Waals surface area contributed by atoms with E-state index in [1.807, 2.05) is 36.4 Å². The highest BCUT2D eigenvalue weighted by Crippen LogP contribution is 2.29. The lowest BCUT2D eigenvalue weighted by molar-refractivity contribution is 0.0879. The molecule has 1 atom stereocenters. The first kappa shape index (κ1) is 13.8. The van der Waals surface area contributed by atoms with Crippen molar-refractivity contribution in [2.75, 3.05) is 0 Å². The second kappa shape index (κ2) is 5.34. The van der Waals surface area contributed by atoms with Crippen molar-refractivity contribution in [3.8, 4) is 0 Å². The van der Waals surface area contributed by atoms with E-state index in [0.29, 0.717) is 12.3 Å². The van der Waals surface area contributed by atoms with Crippen LogP contribution in [-0.4, -0.2) is 16.5 Å². The molecule has 3 heteroatoms. The molecule has 0 radical (unpaired) electrons. The van der Waals surface area contributed by atoms with E-state index in [1.54, 1.807) is 4.57 Å². The van der Waals surface area contributed by atoms with Crippen molar-refractivity contribution >= 4 is 27.7 Å². The van der Waals surface area contributed by atoms with Crippen molar-refractivity contribution in [1.29, 1.82) is 0 Å². The summed E-state index contributed by atoms with van der Waals surface area (Å²) in [5, 5.41) is 2.19. The van der Waals surface area contributed by atoms with Gasteiger partial charge in [-0.15, -0.1) is 0 Å². The molecule has 0 amide bonds. The van der Waals surface area contributed by atoms with Crippen molar-refractivity contribution in [2.24, 2.45) is 11.7 Å². The van der Waals surface area contributed by atoms with Gasteiger partial charge in [0.15, 0.2) is 0 Å². The fourth-order valence-corrected chi connectivity index (χ4v) is 2.93. The van der Waals surface area contributed by atoms with Crippen LogP contribution < -0.4 is 5.73 Å². The van der Waals surface area contributed by atoms with Gasteiger partial charge < -0.3 is 5.73 Å². The van der Waals surface area contributed by atoms with Gasteiger partial charge in [0.05, 0.1) is 17.1 Å². The molecule has 0 aliphatic rings. The maximum Gasteiger partial charge on any atom is 0.248 e. The lowest BCUT2D eigenvalue weighted by Gasteiger charge is -2.15. The summed E-state index contributed by atoms with van der Waals surface area (Å²) < 4.78 is 1.78. The maximum atomic E-state index is 12.8. The Morgan fingerprint density at radius 3 is 1.95 bits per heavy atom. The molecular weight excluding hydrogens is 260 g/mol. The number of hydrogen-bond donors (Lipinski definition) is 1. The van der Waals surface area contributed by atoms with Crippen LogP contribution in [0.2, 0.25) is 0 Å². The minimum Gasteiger partial charge on any atom is -0.320 e. The first-order valence-electron chi connectivity index (χ1n) is 7.37. The topological polar surface area (TPSA) is 48.0 Å². The number of para-hydroxylation sites is 2. The molecule has 1 aromatic heterocycles. The maximum absolute atomic E-state index is 12.8. The third kappa shape index (κ3) is 2.34. The Morgan fingerprint density at radius 2 is 1.48 bits per heavy atom. The Balaban J connectivity index is 2.22. The summed E-state index contributed by atoms with van der Waals surface area (Å²) >= 11 is 0. The summed E-state index contributed by atoms with van der Waals surface area (Å²) in [7, 11) is 0. The van der Waals surface area contributed by atoms with Crippen LogP contribution in [-0.2, 0) is 0 Å². The largest absolute Gasteiger partial charge is 0.320 e. The molecule has 3 nitrogen and oxygen atoms in total. The van der Waals surface area contributed by atoms with Gasteiger partial charge in [-0.2, -0.15) is 0 Å². The Morgan fingerprint density at radius 1 is 1.00 bits per heavy atom. The highest BCUT2D eigenvalue weighted by atomic mass is 16.2. The lowest BCUT2D eigenvalue weighted by atomic mass is 10.0. The fraction of sp³-hybridized carbons (Fsp3) is 0.278. The predicted octanol–water partition coefficient (Wildman–Crippen LogP) is 3.81. The summed E-state index contributed by atoms with van der Waals surface area (Å²) in [4.78, 5) is 12.8. The van der Waals surface area contributed by atoms with Crippen LogP contribution in [0.25, 0.3) is 21.8 Å². The van der Waals surface area contributed by atoms with Gasteiger partial charge in [0.1, 0.15) is 0 Å². The van der Waals surface area contributed by atoms with Crippen LogP contribution in [0.4, 0.5) is 0 Å². The van der Waals surface area contributed by atoms with Crippen molar-refractivity contribution in [3.05, 3.63) is 48.5 Å². The number of fused-ring (bicyclic) bond motifs is 3. The van der Waals surface area contributed by atoms with E-state index in [-0.39, 0.29) is 5.91 Å². The molecule has 0 aliphatic heterocycles. The predicted molar refractivity (Wildman–Crippen MR) is 87.5 cm³/mol. The number of carbonyl (C=O) groups excluding carboxylic acids is 1. The minimum absolute atomic E-state index is 0.0268. The highest BCUT2D eigenvalue weighted by Gasteiger charge is 2.21. The summed E-state index contributed by atoms with van der Waals surface area (Å²) in [6, 6.07) is 15.5. The SMILES string of the molecule is CC(C)C[C@H](N)C(=O)n1c2ccccc2c2ccccc21. The number of hydrogen-bond acceptors (Lipinski definition) is 2. The van der Waals surface area contributed by atoms with Crippen LogP contribution in [0.5, 0.6) is 0 Å². The molecule has 2 N–H and O–H groups in total. The third-order valence-corrected chi connectivity index (χ3v) is 3.84. The standard InChI is InChI=1S/C18H20N2O/c1-12(2)11-15(19)18(21)20-16-9-5-3-7-13(16)14-8-4-6-10-17(14)20/h3-10,12,15H,11,19H2,1-2H3/t15-/m0/s1. The highest BCUT2D eigenvalue weighted by molar-refractivity contribution is 6.13. The number of aromatic nitrogens is 1. The summed E-state index contributed by atoms with van der Waals surface area (Å²) in [6.45, 7) is 4.16. The van der Waals surface area contributed by atoms with E-state index in [1.165, 1.54) is 0 Å². The number of nitrogens with two attached hydrogens (primary N) is 1. The third-order valence-electron chi connectivity index (χ3n) is 3.84. The van der Waals surface area contributed by atoms with Gasteiger partial charge in [-0.05, 0) is 24.5 Å². The van der Waals surface area contributed by atoms with E-state index < -0.39 is 6.04 Å². The Hall–Kier alpha value is -2.13. The monoisotopic (exact) mass is 280 g/mol. The molecule has 0 saturated carbocycles. The number of rotatable bonds is 3. The molecular formula is C18H20N2O. The van der Waals surface area contributed by atoms with E-state index in [9.17, 15) is 4.79 Å². The van der Waals surface area contributed by atoms with E-state index in [4.69, 9.17) is 5.73 Å². The van der Waals surface area contributed by atoms with Crippen LogP contribution in [0.1, 0.15) is 25.1 Å². The van der Waals surface area contributed by atoms with Gasteiger partial charge in [-0.25, -0.2) is 0 Å². The minimum atomic E-state index is -0.468. The zero-order chi connectivity index (χ0) is 15.0. The molecule has 0 spiro atoms. The van der Waals surface area contributed by atoms with E-state index >= 15 is 0 Å². The number of carbonyl (C=O) groups is 1. The molecule has 0 bridgehead atoms. The Kier molecular flexibility index (Phi) is 3.52. The van der Waals surface area contributed by atoms with Gasteiger partial charge in [0.25, 0.3) is 0 Å². The lowest BCUT2D eigenvalue weighted by Crippen LogP contribution is -2.35.